The van der Waals surface area contributed by atoms with Crippen molar-refractivity contribution in [3.8, 4) is 0 Å². The minimum atomic E-state index is -0.397. The van der Waals surface area contributed by atoms with Crippen molar-refractivity contribution in [3.05, 3.63) is 100.0 Å². The van der Waals surface area contributed by atoms with Crippen LogP contribution < -0.4 is 10.9 Å². The number of aromatic nitrogens is 4. The summed E-state index contributed by atoms with van der Waals surface area (Å²) in [6, 6.07) is 13.6. The normalized spacial score (nSPS) is 10.9. The first-order valence-corrected chi connectivity index (χ1v) is 9.42. The van der Waals surface area contributed by atoms with E-state index in [1.165, 1.54) is 0 Å². The Balaban J connectivity index is 1.49. The summed E-state index contributed by atoms with van der Waals surface area (Å²) in [4.78, 5) is 34.1. The van der Waals surface area contributed by atoms with Crippen LogP contribution in [0.25, 0.3) is 5.78 Å². The molecule has 0 fully saturated rings. The minimum Gasteiger partial charge on any atom is -0.346 e. The van der Waals surface area contributed by atoms with E-state index in [9.17, 15) is 9.59 Å². The second kappa shape index (κ2) is 8.10. The number of nitrogens with one attached hydrogen (secondary N) is 1. The van der Waals surface area contributed by atoms with Crippen molar-refractivity contribution < 1.29 is 4.79 Å². The van der Waals surface area contributed by atoms with Gasteiger partial charge in [-0.1, -0.05) is 30.3 Å². The number of pyridine rings is 1. The molecule has 0 saturated heterocycles. The zero-order valence-corrected chi connectivity index (χ0v) is 16.1. The number of benzene rings is 1. The molecule has 1 aromatic carbocycles. The molecule has 0 atom stereocenters. The van der Waals surface area contributed by atoms with Crippen molar-refractivity contribution in [2.75, 3.05) is 0 Å². The van der Waals surface area contributed by atoms with E-state index in [4.69, 9.17) is 0 Å². The van der Waals surface area contributed by atoms with Gasteiger partial charge in [0.1, 0.15) is 5.56 Å². The van der Waals surface area contributed by atoms with Crippen LogP contribution in [0, 0.1) is 6.92 Å². The number of carbonyl (C=O) groups is 1. The molecule has 1 amide bonds. The number of carbonyl (C=O) groups excluding carboxylic acids is 1. The van der Waals surface area contributed by atoms with E-state index in [1.807, 2.05) is 42.6 Å². The van der Waals surface area contributed by atoms with Gasteiger partial charge >= 0.3 is 0 Å². The van der Waals surface area contributed by atoms with Crippen LogP contribution >= 0.6 is 0 Å². The molecule has 0 bridgehead atoms. The van der Waals surface area contributed by atoms with Crippen LogP contribution in [0.2, 0.25) is 0 Å². The van der Waals surface area contributed by atoms with E-state index in [0.717, 1.165) is 12.0 Å². The fraction of sp³-hybridized carbons (Fsp3) is 0.182. The van der Waals surface area contributed by atoms with Crippen molar-refractivity contribution in [1.82, 2.24) is 24.3 Å². The number of hydrogen-bond acceptors (Lipinski definition) is 4. The largest absolute Gasteiger partial charge is 0.346 e. The first-order chi connectivity index (χ1) is 14.1. The van der Waals surface area contributed by atoms with Crippen LogP contribution in [0.4, 0.5) is 0 Å². The van der Waals surface area contributed by atoms with E-state index < -0.39 is 5.91 Å². The van der Waals surface area contributed by atoms with E-state index in [0.29, 0.717) is 23.6 Å². The van der Waals surface area contributed by atoms with Gasteiger partial charge in [-0.3, -0.25) is 14.0 Å². The summed E-state index contributed by atoms with van der Waals surface area (Å²) >= 11 is 0. The van der Waals surface area contributed by atoms with E-state index in [1.54, 1.807) is 40.5 Å². The van der Waals surface area contributed by atoms with Gasteiger partial charge in [-0.15, -0.1) is 0 Å². The summed E-state index contributed by atoms with van der Waals surface area (Å²) in [7, 11) is 0. The highest BCUT2D eigenvalue weighted by Gasteiger charge is 2.16. The summed E-state index contributed by atoms with van der Waals surface area (Å²) in [5.74, 6) is 0.169. The highest BCUT2D eigenvalue weighted by molar-refractivity contribution is 5.95. The average molecular weight is 387 g/mol. The Morgan fingerprint density at radius 1 is 1.10 bits per heavy atom. The molecule has 0 aliphatic rings. The van der Waals surface area contributed by atoms with Gasteiger partial charge in [0.05, 0.1) is 12.2 Å². The molecule has 0 spiro atoms. The molecule has 1 N–H and O–H groups in total. The third-order valence-corrected chi connectivity index (χ3v) is 4.80. The number of hydrogen-bond donors (Lipinski definition) is 1. The van der Waals surface area contributed by atoms with Crippen LogP contribution in [0.1, 0.15) is 27.2 Å². The molecule has 4 rings (SSSR count). The van der Waals surface area contributed by atoms with Crippen molar-refractivity contribution in [2.24, 2.45) is 0 Å². The van der Waals surface area contributed by atoms with Crippen molar-refractivity contribution in [3.63, 3.8) is 0 Å². The van der Waals surface area contributed by atoms with Gasteiger partial charge in [0, 0.05) is 31.3 Å². The Hall–Kier alpha value is -3.74. The topological polar surface area (TPSA) is 81.3 Å². The van der Waals surface area contributed by atoms with Crippen LogP contribution in [-0.4, -0.2) is 24.8 Å². The smallest absolute Gasteiger partial charge is 0.263 e. The highest BCUT2D eigenvalue weighted by atomic mass is 16.2. The summed E-state index contributed by atoms with van der Waals surface area (Å²) < 4.78 is 3.37. The lowest BCUT2D eigenvalue weighted by Gasteiger charge is -2.11. The van der Waals surface area contributed by atoms with Crippen molar-refractivity contribution >= 4 is 11.7 Å². The number of aryl methyl sites for hydroxylation is 3. The lowest BCUT2D eigenvalue weighted by Crippen LogP contribution is -2.34. The second-order valence-electron chi connectivity index (χ2n) is 6.85. The van der Waals surface area contributed by atoms with Crippen LogP contribution in [-0.2, 0) is 19.5 Å². The van der Waals surface area contributed by atoms with Gasteiger partial charge in [-0.2, -0.15) is 0 Å². The molecule has 0 saturated carbocycles. The van der Waals surface area contributed by atoms with Crippen LogP contribution in [0.5, 0.6) is 0 Å². The van der Waals surface area contributed by atoms with E-state index >= 15 is 0 Å². The molecule has 0 unspecified atom stereocenters. The van der Waals surface area contributed by atoms with Gasteiger partial charge in [0.25, 0.3) is 11.5 Å². The quantitative estimate of drug-likeness (QED) is 0.551. The first kappa shape index (κ1) is 18.6. The van der Waals surface area contributed by atoms with Gasteiger partial charge < -0.3 is 9.88 Å². The number of amides is 1. The minimum absolute atomic E-state index is 0.169. The van der Waals surface area contributed by atoms with Gasteiger partial charge in [-0.25, -0.2) is 9.97 Å². The number of imidazole rings is 1. The molecular formula is C22H21N5O2. The molecular weight excluding hydrogens is 366 g/mol. The SMILES string of the molecule is Cc1ccn(CCc2ccccc2)c(=O)c1C(=O)NCc1cn2cccnc2n1. The molecule has 0 aliphatic heterocycles. The summed E-state index contributed by atoms with van der Waals surface area (Å²) in [6.07, 6.45) is 7.77. The fourth-order valence-corrected chi connectivity index (χ4v) is 3.24. The predicted molar refractivity (Wildman–Crippen MR) is 110 cm³/mol. The highest BCUT2D eigenvalue weighted by Crippen LogP contribution is 2.06. The third kappa shape index (κ3) is 4.08. The molecule has 0 aliphatic carbocycles. The maximum atomic E-state index is 12.9. The zero-order valence-electron chi connectivity index (χ0n) is 16.1. The Kier molecular flexibility index (Phi) is 5.20. The molecule has 3 aromatic heterocycles. The Morgan fingerprint density at radius 3 is 2.72 bits per heavy atom. The predicted octanol–water partition coefficient (Wildman–Crippen LogP) is 2.37. The molecule has 29 heavy (non-hydrogen) atoms. The maximum absolute atomic E-state index is 12.9. The number of rotatable bonds is 6. The van der Waals surface area contributed by atoms with Crippen molar-refractivity contribution in [2.45, 2.75) is 26.4 Å². The molecule has 4 aromatic rings. The van der Waals surface area contributed by atoms with Gasteiger partial charge in [0.15, 0.2) is 0 Å². The fourth-order valence-electron chi connectivity index (χ4n) is 3.24. The Bertz CT molecular complexity index is 1180. The molecule has 0 radical (unpaired) electrons. The lowest BCUT2D eigenvalue weighted by atomic mass is 10.1. The van der Waals surface area contributed by atoms with Crippen molar-refractivity contribution in [1.29, 1.82) is 0 Å². The summed E-state index contributed by atoms with van der Waals surface area (Å²) in [5, 5.41) is 2.80. The summed E-state index contributed by atoms with van der Waals surface area (Å²) in [5.41, 5.74) is 2.36. The van der Waals surface area contributed by atoms with Crippen LogP contribution in [0.3, 0.4) is 0 Å². The molecule has 3 heterocycles. The zero-order chi connectivity index (χ0) is 20.2. The Labute approximate surface area is 167 Å². The van der Waals surface area contributed by atoms with Gasteiger partial charge in [-0.05, 0) is 36.6 Å². The van der Waals surface area contributed by atoms with E-state index in [2.05, 4.69) is 15.3 Å². The standard InChI is InChI=1S/C22H21N5O2/c1-16-8-12-26(13-9-17-6-3-2-4-7-17)21(29)19(16)20(28)24-14-18-15-27-11-5-10-23-22(27)25-18/h2-8,10-12,15H,9,13-14H2,1H3,(H,24,28). The van der Waals surface area contributed by atoms with E-state index in [-0.39, 0.29) is 17.7 Å². The second-order valence-corrected chi connectivity index (χ2v) is 6.85. The van der Waals surface area contributed by atoms with Crippen LogP contribution in [0.15, 0.2) is 72.0 Å². The lowest BCUT2D eigenvalue weighted by molar-refractivity contribution is 0.0947. The number of fused-ring (bicyclic) bond motifs is 1. The number of nitrogens with zero attached hydrogens (tertiary/aromatic N) is 4. The monoisotopic (exact) mass is 387 g/mol. The molecule has 7 nitrogen and oxygen atoms in total. The average Bonchev–Trinajstić information content (AvgIpc) is 3.15. The third-order valence-electron chi connectivity index (χ3n) is 4.80. The molecule has 7 heteroatoms. The van der Waals surface area contributed by atoms with Gasteiger partial charge in [0.2, 0.25) is 5.78 Å². The maximum Gasteiger partial charge on any atom is 0.263 e. The molecule has 146 valence electrons. The first-order valence-electron chi connectivity index (χ1n) is 9.42. The summed E-state index contributed by atoms with van der Waals surface area (Å²) in [6.45, 7) is 2.51. The Morgan fingerprint density at radius 2 is 1.93 bits per heavy atom.